The SMILES string of the molecule is CO[C@@H]1[C@H](O)[C@@H](CONP(=O)(OC)OC)O[C@H]1n1ccc(=O)[nH]c1=O. The Kier molecular flexibility index (Phi) is 6.65. The summed E-state index contributed by atoms with van der Waals surface area (Å²) in [7, 11) is 0.0732. The first-order chi connectivity index (χ1) is 11.8. The normalized spacial score (nSPS) is 26.9. The standard InChI is InChI=1S/C12H20N3O9P/c1-20-10-9(17)7(6-23-14-25(19,21-2)22-3)24-11(10)15-5-4-8(16)13-12(15)18/h4-5,7,9-11,17H,6H2,1-3H3,(H,14,19)(H,13,16,18)/t7-,9-,10-,11-/m1/s1. The number of hydrogen-bond acceptors (Lipinski definition) is 9. The molecule has 142 valence electrons. The van der Waals surface area contributed by atoms with Gasteiger partial charge in [-0.1, -0.05) is 0 Å². The van der Waals surface area contributed by atoms with E-state index >= 15 is 0 Å². The predicted octanol–water partition coefficient (Wildman–Crippen LogP) is -1.27. The lowest BCUT2D eigenvalue weighted by atomic mass is 10.1. The van der Waals surface area contributed by atoms with E-state index < -0.39 is 43.5 Å². The molecule has 25 heavy (non-hydrogen) atoms. The zero-order chi connectivity index (χ0) is 18.6. The van der Waals surface area contributed by atoms with Crippen molar-refractivity contribution in [3.8, 4) is 0 Å². The summed E-state index contributed by atoms with van der Waals surface area (Å²) in [5.74, 6) is 0. The summed E-state index contributed by atoms with van der Waals surface area (Å²) in [4.78, 5) is 30.2. The summed E-state index contributed by atoms with van der Waals surface area (Å²) < 4.78 is 32.9. The van der Waals surface area contributed by atoms with Crippen LogP contribution in [0.3, 0.4) is 0 Å². The van der Waals surface area contributed by atoms with Crippen molar-refractivity contribution >= 4 is 7.75 Å². The fourth-order valence-corrected chi connectivity index (χ4v) is 2.84. The molecule has 0 spiro atoms. The Balaban J connectivity index is 2.09. The molecule has 4 atom stereocenters. The highest BCUT2D eigenvalue weighted by molar-refractivity contribution is 7.51. The molecule has 1 aromatic rings. The van der Waals surface area contributed by atoms with E-state index in [1.54, 1.807) is 0 Å². The lowest BCUT2D eigenvalue weighted by Crippen LogP contribution is -2.39. The Morgan fingerprint density at radius 3 is 2.60 bits per heavy atom. The third kappa shape index (κ3) is 4.43. The Hall–Kier alpha value is -1.37. The number of hydrogen-bond donors (Lipinski definition) is 3. The minimum atomic E-state index is -3.60. The van der Waals surface area contributed by atoms with Crippen LogP contribution in [-0.4, -0.2) is 60.9 Å². The molecule has 1 aliphatic rings. The van der Waals surface area contributed by atoms with Crippen LogP contribution in [0.2, 0.25) is 0 Å². The number of nitrogens with one attached hydrogen (secondary N) is 2. The van der Waals surface area contributed by atoms with Crippen LogP contribution in [-0.2, 0) is 27.9 Å². The zero-order valence-electron chi connectivity index (χ0n) is 13.8. The smallest absolute Gasteiger partial charge is 0.387 e. The second-order valence-electron chi connectivity index (χ2n) is 5.04. The van der Waals surface area contributed by atoms with Crippen molar-refractivity contribution in [2.24, 2.45) is 0 Å². The van der Waals surface area contributed by atoms with E-state index in [-0.39, 0.29) is 6.61 Å². The largest absolute Gasteiger partial charge is 0.428 e. The van der Waals surface area contributed by atoms with E-state index in [2.05, 4.69) is 19.3 Å². The van der Waals surface area contributed by atoms with E-state index in [0.29, 0.717) is 0 Å². The van der Waals surface area contributed by atoms with Crippen molar-refractivity contribution in [1.29, 1.82) is 0 Å². The minimum absolute atomic E-state index is 0.244. The number of aliphatic hydroxyl groups is 1. The van der Waals surface area contributed by atoms with Gasteiger partial charge in [-0.3, -0.25) is 28.2 Å². The van der Waals surface area contributed by atoms with Gasteiger partial charge < -0.3 is 14.6 Å². The number of nitrogens with zero attached hydrogens (tertiary/aromatic N) is 1. The van der Waals surface area contributed by atoms with Gasteiger partial charge in [-0.05, 0) is 0 Å². The summed E-state index contributed by atoms with van der Waals surface area (Å²) in [5.41, 5.74) is -1.28. The van der Waals surface area contributed by atoms with Crippen molar-refractivity contribution in [2.45, 2.75) is 24.5 Å². The van der Waals surface area contributed by atoms with Gasteiger partial charge in [0, 0.05) is 33.6 Å². The molecule has 0 bridgehead atoms. The van der Waals surface area contributed by atoms with Crippen molar-refractivity contribution in [3.63, 3.8) is 0 Å². The van der Waals surface area contributed by atoms with Crippen LogP contribution in [0.4, 0.5) is 0 Å². The number of aliphatic hydroxyl groups excluding tert-OH is 1. The van der Waals surface area contributed by atoms with Gasteiger partial charge in [-0.25, -0.2) is 9.36 Å². The lowest BCUT2D eigenvalue weighted by Gasteiger charge is -2.19. The molecule has 0 unspecified atom stereocenters. The van der Waals surface area contributed by atoms with Gasteiger partial charge in [-0.2, -0.15) is 0 Å². The van der Waals surface area contributed by atoms with E-state index in [4.69, 9.17) is 14.3 Å². The van der Waals surface area contributed by atoms with E-state index in [9.17, 15) is 19.3 Å². The maximum absolute atomic E-state index is 11.9. The van der Waals surface area contributed by atoms with Crippen LogP contribution in [0.15, 0.2) is 21.9 Å². The molecule has 0 aliphatic carbocycles. The van der Waals surface area contributed by atoms with Gasteiger partial charge in [0.05, 0.1) is 6.61 Å². The molecule has 0 aromatic carbocycles. The molecule has 2 rings (SSSR count). The molecule has 1 saturated heterocycles. The second kappa shape index (κ2) is 8.34. The quantitative estimate of drug-likeness (QED) is 0.367. The van der Waals surface area contributed by atoms with Gasteiger partial charge in [0.15, 0.2) is 6.23 Å². The van der Waals surface area contributed by atoms with Gasteiger partial charge >= 0.3 is 13.4 Å². The van der Waals surface area contributed by atoms with Crippen LogP contribution in [0.1, 0.15) is 6.23 Å². The average Bonchev–Trinajstić information content (AvgIpc) is 2.90. The summed E-state index contributed by atoms with van der Waals surface area (Å²) in [6.07, 6.45) is -2.72. The molecule has 13 heteroatoms. The number of H-pyrrole nitrogens is 1. The van der Waals surface area contributed by atoms with E-state index in [0.717, 1.165) is 10.6 Å². The lowest BCUT2D eigenvalue weighted by molar-refractivity contribution is -0.0816. The van der Waals surface area contributed by atoms with Crippen molar-refractivity contribution in [3.05, 3.63) is 33.1 Å². The number of ether oxygens (including phenoxy) is 2. The molecular weight excluding hydrogens is 361 g/mol. The molecular formula is C12H20N3O9P. The topological polar surface area (TPSA) is 150 Å². The van der Waals surface area contributed by atoms with Crippen molar-refractivity contribution in [2.75, 3.05) is 27.9 Å². The van der Waals surface area contributed by atoms with Crippen LogP contribution < -0.4 is 16.5 Å². The predicted molar refractivity (Wildman–Crippen MR) is 82.7 cm³/mol. The first-order valence-electron chi connectivity index (χ1n) is 7.13. The third-order valence-electron chi connectivity index (χ3n) is 3.61. The molecule has 1 aromatic heterocycles. The monoisotopic (exact) mass is 381 g/mol. The Morgan fingerprint density at radius 1 is 1.36 bits per heavy atom. The number of aromatic nitrogens is 2. The molecule has 12 nitrogen and oxygen atoms in total. The highest BCUT2D eigenvalue weighted by atomic mass is 31.2. The molecule has 0 amide bonds. The Labute approximate surface area is 142 Å². The summed E-state index contributed by atoms with van der Waals surface area (Å²) in [6.45, 7) is -0.244. The zero-order valence-corrected chi connectivity index (χ0v) is 14.7. The molecule has 0 saturated carbocycles. The Morgan fingerprint density at radius 2 is 2.04 bits per heavy atom. The fraction of sp³-hybridized carbons (Fsp3) is 0.667. The van der Waals surface area contributed by atoms with Gasteiger partial charge in [0.2, 0.25) is 0 Å². The molecule has 1 aliphatic heterocycles. The van der Waals surface area contributed by atoms with Crippen LogP contribution >= 0.6 is 7.75 Å². The summed E-state index contributed by atoms with van der Waals surface area (Å²) in [6, 6.07) is 1.14. The summed E-state index contributed by atoms with van der Waals surface area (Å²) in [5, 5.41) is 12.4. The third-order valence-corrected chi connectivity index (χ3v) is 4.93. The Bertz CT molecular complexity index is 727. The number of methoxy groups -OCH3 is 1. The molecule has 2 heterocycles. The molecule has 3 N–H and O–H groups in total. The minimum Gasteiger partial charge on any atom is -0.387 e. The van der Waals surface area contributed by atoms with Gasteiger partial charge in [-0.15, -0.1) is 5.25 Å². The number of rotatable bonds is 8. The van der Waals surface area contributed by atoms with Crippen LogP contribution in [0, 0.1) is 0 Å². The highest BCUT2D eigenvalue weighted by Gasteiger charge is 2.45. The number of aromatic amines is 1. The first-order valence-corrected chi connectivity index (χ1v) is 8.68. The van der Waals surface area contributed by atoms with E-state index in [1.807, 2.05) is 0 Å². The van der Waals surface area contributed by atoms with Crippen molar-refractivity contribution < 1.29 is 33.0 Å². The van der Waals surface area contributed by atoms with Crippen molar-refractivity contribution in [1.82, 2.24) is 14.8 Å². The average molecular weight is 381 g/mol. The second-order valence-corrected chi connectivity index (χ2v) is 6.95. The summed E-state index contributed by atoms with van der Waals surface area (Å²) >= 11 is 0. The maximum Gasteiger partial charge on any atom is 0.428 e. The van der Waals surface area contributed by atoms with Crippen LogP contribution in [0.25, 0.3) is 0 Å². The van der Waals surface area contributed by atoms with Crippen LogP contribution in [0.5, 0.6) is 0 Å². The first kappa shape index (κ1) is 19.9. The van der Waals surface area contributed by atoms with Gasteiger partial charge in [0.1, 0.15) is 18.3 Å². The molecule has 1 fully saturated rings. The fourth-order valence-electron chi connectivity index (χ4n) is 2.31. The highest BCUT2D eigenvalue weighted by Crippen LogP contribution is 2.41. The van der Waals surface area contributed by atoms with E-state index in [1.165, 1.54) is 27.5 Å². The van der Waals surface area contributed by atoms with Gasteiger partial charge in [0.25, 0.3) is 5.56 Å². The molecule has 0 radical (unpaired) electrons. The maximum atomic E-state index is 11.9.